The lowest BCUT2D eigenvalue weighted by Crippen LogP contribution is -2.36. The fourth-order valence-corrected chi connectivity index (χ4v) is 2.24. The van der Waals surface area contributed by atoms with E-state index in [9.17, 15) is 14.0 Å². The Hall–Kier alpha value is -1.33. The van der Waals surface area contributed by atoms with E-state index in [1.54, 1.807) is 20.8 Å². The van der Waals surface area contributed by atoms with Crippen molar-refractivity contribution in [1.82, 2.24) is 4.90 Å². The van der Waals surface area contributed by atoms with Gasteiger partial charge in [0.25, 0.3) is 0 Å². The highest BCUT2D eigenvalue weighted by Crippen LogP contribution is 2.28. The average molecular weight is 275 g/mol. The molecule has 0 aliphatic carbocycles. The quantitative estimate of drug-likeness (QED) is 0.855. The number of carboxylic acids is 1. The molecule has 1 heterocycles. The van der Waals surface area contributed by atoms with Crippen LogP contribution in [0.2, 0.25) is 0 Å². The minimum atomic E-state index is -1.00. The van der Waals surface area contributed by atoms with Crippen LogP contribution in [0, 0.1) is 11.8 Å². The van der Waals surface area contributed by atoms with Gasteiger partial charge in [0.15, 0.2) is 0 Å². The van der Waals surface area contributed by atoms with Gasteiger partial charge in [0.2, 0.25) is 0 Å². The van der Waals surface area contributed by atoms with Crippen molar-refractivity contribution in [2.75, 3.05) is 19.8 Å². The molecular weight excluding hydrogens is 253 g/mol. The third-order valence-electron chi connectivity index (χ3n) is 3.18. The second-order valence-electron chi connectivity index (χ2n) is 5.99. The first-order chi connectivity index (χ1) is 8.73. The number of carbonyl (C=O) groups is 2. The molecule has 0 aromatic heterocycles. The number of ether oxygens (including phenoxy) is 1. The van der Waals surface area contributed by atoms with E-state index in [2.05, 4.69) is 0 Å². The van der Waals surface area contributed by atoms with E-state index in [1.807, 2.05) is 0 Å². The fraction of sp³-hybridized carbons (Fsp3) is 0.846. The summed E-state index contributed by atoms with van der Waals surface area (Å²) in [6, 6.07) is 0. The van der Waals surface area contributed by atoms with Crippen molar-refractivity contribution in [2.24, 2.45) is 11.8 Å². The highest BCUT2D eigenvalue weighted by molar-refractivity contribution is 5.69. The first-order valence-corrected chi connectivity index (χ1v) is 6.48. The van der Waals surface area contributed by atoms with Crippen molar-refractivity contribution in [1.29, 1.82) is 0 Å². The van der Waals surface area contributed by atoms with Crippen LogP contribution < -0.4 is 0 Å². The zero-order valence-corrected chi connectivity index (χ0v) is 11.7. The van der Waals surface area contributed by atoms with Crippen LogP contribution in [-0.2, 0) is 9.53 Å². The van der Waals surface area contributed by atoms with E-state index in [0.717, 1.165) is 0 Å². The predicted octanol–water partition coefficient (Wildman–Crippen LogP) is 2.30. The van der Waals surface area contributed by atoms with E-state index in [0.29, 0.717) is 19.5 Å². The fourth-order valence-electron chi connectivity index (χ4n) is 2.24. The maximum atomic E-state index is 12.9. The van der Waals surface area contributed by atoms with Crippen LogP contribution in [0.5, 0.6) is 0 Å². The standard InChI is InChI=1S/C13H22FNO4/c1-13(2,3)19-12(18)15-5-4-9(8-15)10(7-14)6-11(16)17/h9-10H,4-8H2,1-3H3,(H,16,17). The Kier molecular flexibility index (Phi) is 5.14. The van der Waals surface area contributed by atoms with Gasteiger partial charge in [-0.25, -0.2) is 4.79 Å². The molecule has 0 radical (unpaired) electrons. The maximum absolute atomic E-state index is 12.9. The van der Waals surface area contributed by atoms with Gasteiger partial charge in [-0.05, 0) is 33.1 Å². The molecule has 1 aliphatic rings. The number of alkyl halides is 1. The summed E-state index contributed by atoms with van der Waals surface area (Å²) in [5, 5.41) is 8.73. The lowest BCUT2D eigenvalue weighted by molar-refractivity contribution is -0.138. The molecule has 0 spiro atoms. The van der Waals surface area contributed by atoms with Gasteiger partial charge < -0.3 is 14.7 Å². The van der Waals surface area contributed by atoms with Crippen LogP contribution in [-0.4, -0.2) is 47.4 Å². The monoisotopic (exact) mass is 275 g/mol. The first-order valence-electron chi connectivity index (χ1n) is 6.48. The second-order valence-corrected chi connectivity index (χ2v) is 5.99. The molecule has 1 fully saturated rings. The Morgan fingerprint density at radius 2 is 2.11 bits per heavy atom. The summed E-state index contributed by atoms with van der Waals surface area (Å²) in [6.07, 6.45) is 0.0210. The summed E-state index contributed by atoms with van der Waals surface area (Å²) < 4.78 is 18.1. The van der Waals surface area contributed by atoms with Gasteiger partial charge in [-0.2, -0.15) is 0 Å². The number of likely N-dealkylation sites (tertiary alicyclic amines) is 1. The van der Waals surface area contributed by atoms with E-state index < -0.39 is 30.3 Å². The number of hydrogen-bond acceptors (Lipinski definition) is 3. The largest absolute Gasteiger partial charge is 0.481 e. The molecule has 1 rings (SSSR count). The molecule has 0 saturated carbocycles. The molecule has 0 aromatic rings. The number of nitrogens with zero attached hydrogens (tertiary/aromatic N) is 1. The first kappa shape index (κ1) is 15.7. The average Bonchev–Trinajstić information content (AvgIpc) is 2.72. The minimum Gasteiger partial charge on any atom is -0.481 e. The smallest absolute Gasteiger partial charge is 0.410 e. The number of carbonyl (C=O) groups excluding carboxylic acids is 1. The van der Waals surface area contributed by atoms with Gasteiger partial charge >= 0.3 is 12.1 Å². The third kappa shape index (κ3) is 5.04. The molecule has 19 heavy (non-hydrogen) atoms. The van der Waals surface area contributed by atoms with E-state index in [4.69, 9.17) is 9.84 Å². The van der Waals surface area contributed by atoms with Crippen LogP contribution >= 0.6 is 0 Å². The summed E-state index contributed by atoms with van der Waals surface area (Å²) in [7, 11) is 0. The number of carboxylic acid groups (broad SMARTS) is 1. The number of halogens is 1. The van der Waals surface area contributed by atoms with Crippen LogP contribution in [0.1, 0.15) is 33.6 Å². The highest BCUT2D eigenvalue weighted by Gasteiger charge is 2.34. The SMILES string of the molecule is CC(C)(C)OC(=O)N1CCC(C(CF)CC(=O)O)C1. The Balaban J connectivity index is 2.52. The topological polar surface area (TPSA) is 66.8 Å². The number of rotatable bonds is 4. The maximum Gasteiger partial charge on any atom is 0.410 e. The summed E-state index contributed by atoms with van der Waals surface area (Å²) in [4.78, 5) is 24.0. The van der Waals surface area contributed by atoms with Crippen LogP contribution in [0.25, 0.3) is 0 Å². The van der Waals surface area contributed by atoms with Gasteiger partial charge in [-0.15, -0.1) is 0 Å². The minimum absolute atomic E-state index is 0.103. The van der Waals surface area contributed by atoms with Crippen LogP contribution in [0.4, 0.5) is 9.18 Å². The zero-order valence-electron chi connectivity index (χ0n) is 11.7. The molecule has 2 unspecified atom stereocenters. The van der Waals surface area contributed by atoms with Crippen LogP contribution in [0.3, 0.4) is 0 Å². The van der Waals surface area contributed by atoms with Gasteiger partial charge in [0, 0.05) is 19.0 Å². The van der Waals surface area contributed by atoms with Gasteiger partial charge in [-0.3, -0.25) is 9.18 Å². The lowest BCUT2D eigenvalue weighted by atomic mass is 9.90. The molecule has 5 nitrogen and oxygen atoms in total. The van der Waals surface area contributed by atoms with Gasteiger partial charge in [0.05, 0.1) is 13.1 Å². The number of hydrogen-bond donors (Lipinski definition) is 1. The lowest BCUT2D eigenvalue weighted by Gasteiger charge is -2.25. The zero-order chi connectivity index (χ0) is 14.6. The van der Waals surface area contributed by atoms with Crippen molar-refractivity contribution >= 4 is 12.1 Å². The van der Waals surface area contributed by atoms with Crippen molar-refractivity contribution in [3.05, 3.63) is 0 Å². The third-order valence-corrected chi connectivity index (χ3v) is 3.18. The predicted molar refractivity (Wildman–Crippen MR) is 67.6 cm³/mol. The summed E-state index contributed by atoms with van der Waals surface area (Å²) in [5.41, 5.74) is -0.560. The summed E-state index contributed by atoms with van der Waals surface area (Å²) in [5.74, 6) is -1.63. The van der Waals surface area contributed by atoms with E-state index in [1.165, 1.54) is 4.90 Å². The Labute approximate surface area is 112 Å². The molecule has 1 amide bonds. The van der Waals surface area contributed by atoms with Crippen LogP contribution in [0.15, 0.2) is 0 Å². The Bertz CT molecular complexity index is 340. The van der Waals surface area contributed by atoms with Crippen molar-refractivity contribution < 1.29 is 23.8 Å². The highest BCUT2D eigenvalue weighted by atomic mass is 19.1. The normalized spacial score (nSPS) is 21.3. The van der Waals surface area contributed by atoms with Crippen molar-refractivity contribution in [3.8, 4) is 0 Å². The molecule has 1 N–H and O–H groups in total. The molecule has 1 aliphatic heterocycles. The molecule has 110 valence electrons. The molecule has 0 bridgehead atoms. The second kappa shape index (κ2) is 6.21. The molecule has 1 saturated heterocycles. The van der Waals surface area contributed by atoms with E-state index in [-0.39, 0.29) is 12.3 Å². The van der Waals surface area contributed by atoms with E-state index >= 15 is 0 Å². The molecular formula is C13H22FNO4. The van der Waals surface area contributed by atoms with Crippen molar-refractivity contribution in [3.63, 3.8) is 0 Å². The Morgan fingerprint density at radius 1 is 1.47 bits per heavy atom. The summed E-state index contributed by atoms with van der Waals surface area (Å²) >= 11 is 0. The molecule has 6 heteroatoms. The number of amides is 1. The molecule has 2 atom stereocenters. The number of aliphatic carboxylic acids is 1. The summed E-state index contributed by atoms with van der Waals surface area (Å²) in [6.45, 7) is 5.55. The molecule has 0 aromatic carbocycles. The van der Waals surface area contributed by atoms with Gasteiger partial charge in [0.1, 0.15) is 5.60 Å². The Morgan fingerprint density at radius 3 is 2.58 bits per heavy atom. The van der Waals surface area contributed by atoms with Crippen molar-refractivity contribution in [2.45, 2.75) is 39.2 Å². The van der Waals surface area contributed by atoms with Gasteiger partial charge in [-0.1, -0.05) is 0 Å².